The van der Waals surface area contributed by atoms with Gasteiger partial charge in [0, 0.05) is 24.9 Å². The van der Waals surface area contributed by atoms with Crippen LogP contribution in [0.1, 0.15) is 26.7 Å². The first-order chi connectivity index (χ1) is 8.38. The zero-order valence-corrected chi connectivity index (χ0v) is 10.2. The normalized spacial score (nSPS) is 14.2. The topological polar surface area (TPSA) is 12.0 Å². The minimum atomic E-state index is -4.51. The second kappa shape index (κ2) is 6.71. The molecule has 0 saturated heterocycles. The van der Waals surface area contributed by atoms with Crippen molar-refractivity contribution in [3.8, 4) is 0 Å². The van der Waals surface area contributed by atoms with Gasteiger partial charge in [0.1, 0.15) is 0 Å². The quantitative estimate of drug-likeness (QED) is 0.670. The molecule has 0 unspecified atom stereocenters. The van der Waals surface area contributed by atoms with E-state index >= 15 is 0 Å². The molecule has 0 bridgehead atoms. The van der Waals surface area contributed by atoms with Gasteiger partial charge in [-0.2, -0.15) is 0 Å². The van der Waals surface area contributed by atoms with Crippen molar-refractivity contribution in [1.82, 2.24) is 5.32 Å². The molecular formula is C10H15F8N. The fraction of sp³-hybridized carbons (Fsp3) is 1.00. The Bertz CT molecular complexity index is 244. The minimum Gasteiger partial charge on any atom is -0.311 e. The predicted molar refractivity (Wildman–Crippen MR) is 53.2 cm³/mol. The van der Waals surface area contributed by atoms with Crippen molar-refractivity contribution in [2.45, 2.75) is 63.5 Å². The molecule has 0 aromatic rings. The average molecular weight is 301 g/mol. The van der Waals surface area contributed by atoms with E-state index < -0.39 is 49.6 Å². The van der Waals surface area contributed by atoms with Crippen LogP contribution in [0.5, 0.6) is 0 Å². The first kappa shape index (κ1) is 18.4. The van der Waals surface area contributed by atoms with E-state index in [9.17, 15) is 35.1 Å². The lowest BCUT2D eigenvalue weighted by molar-refractivity contribution is -0.158. The average Bonchev–Trinajstić information content (AvgIpc) is 2.13. The monoisotopic (exact) mass is 301 g/mol. The van der Waals surface area contributed by atoms with Gasteiger partial charge < -0.3 is 5.32 Å². The van der Waals surface area contributed by atoms with Crippen molar-refractivity contribution < 1.29 is 35.1 Å². The molecule has 9 heteroatoms. The number of nitrogens with one attached hydrogen (secondary N) is 1. The minimum absolute atomic E-state index is 0.591. The maximum Gasteiger partial charge on any atom is 0.309 e. The van der Waals surface area contributed by atoms with E-state index in [4.69, 9.17) is 0 Å². The van der Waals surface area contributed by atoms with Crippen LogP contribution in [-0.4, -0.2) is 36.8 Å². The zero-order valence-electron chi connectivity index (χ0n) is 10.2. The van der Waals surface area contributed by atoms with Crippen LogP contribution in [0, 0.1) is 0 Å². The third-order valence-electron chi connectivity index (χ3n) is 2.24. The largest absolute Gasteiger partial charge is 0.311 e. The summed E-state index contributed by atoms with van der Waals surface area (Å²) in [5.74, 6) is -9.02. The van der Waals surface area contributed by atoms with Gasteiger partial charge in [-0.3, -0.25) is 0 Å². The van der Waals surface area contributed by atoms with E-state index in [-0.39, 0.29) is 0 Å². The summed E-state index contributed by atoms with van der Waals surface area (Å²) in [7, 11) is 0. The summed E-state index contributed by atoms with van der Waals surface area (Å²) >= 11 is 0. The third kappa shape index (κ3) is 6.40. The molecule has 0 aliphatic rings. The Morgan fingerprint density at radius 2 is 1.11 bits per heavy atom. The fourth-order valence-electron chi connectivity index (χ4n) is 1.50. The van der Waals surface area contributed by atoms with Crippen molar-refractivity contribution in [2.24, 2.45) is 0 Å². The molecule has 0 aromatic carbocycles. The Morgan fingerprint density at radius 1 is 0.789 bits per heavy atom. The second-order valence-corrected chi connectivity index (χ2v) is 4.55. The van der Waals surface area contributed by atoms with Crippen LogP contribution in [0.4, 0.5) is 35.1 Å². The molecule has 0 amide bonds. The van der Waals surface area contributed by atoms with Crippen LogP contribution >= 0.6 is 0 Å². The van der Waals surface area contributed by atoms with Gasteiger partial charge in [0.2, 0.25) is 0 Å². The van der Waals surface area contributed by atoms with E-state index in [2.05, 4.69) is 5.32 Å². The Labute approximate surface area is 105 Å². The Hall–Kier alpha value is -0.600. The molecule has 0 spiro atoms. The second-order valence-electron chi connectivity index (χ2n) is 4.55. The molecule has 0 saturated carbocycles. The number of hydrogen-bond acceptors (Lipinski definition) is 1. The lowest BCUT2D eigenvalue weighted by Gasteiger charge is -2.28. The highest BCUT2D eigenvalue weighted by Gasteiger charge is 2.48. The molecule has 1 N–H and O–H groups in total. The van der Waals surface area contributed by atoms with E-state index in [1.165, 1.54) is 13.8 Å². The van der Waals surface area contributed by atoms with Gasteiger partial charge in [-0.25, -0.2) is 35.1 Å². The van der Waals surface area contributed by atoms with Crippen LogP contribution in [0.15, 0.2) is 0 Å². The van der Waals surface area contributed by atoms with Crippen molar-refractivity contribution in [2.75, 3.05) is 0 Å². The van der Waals surface area contributed by atoms with Crippen molar-refractivity contribution >= 4 is 0 Å². The first-order valence-electron chi connectivity index (χ1n) is 5.46. The maximum absolute atomic E-state index is 12.8. The fourth-order valence-corrected chi connectivity index (χ4v) is 1.50. The van der Waals surface area contributed by atoms with E-state index in [0.717, 1.165) is 0 Å². The summed E-state index contributed by atoms with van der Waals surface area (Å²) in [6.45, 7) is 2.79. The first-order valence-corrected chi connectivity index (χ1v) is 5.46. The van der Waals surface area contributed by atoms with E-state index in [1.807, 2.05) is 0 Å². The summed E-state index contributed by atoms with van der Waals surface area (Å²) in [6.07, 6.45) is -11.3. The summed E-state index contributed by atoms with van der Waals surface area (Å²) < 4.78 is 99.2. The number of hydrogen-bond donors (Lipinski definition) is 1. The van der Waals surface area contributed by atoms with Gasteiger partial charge in [0.25, 0.3) is 0 Å². The summed E-state index contributed by atoms with van der Waals surface area (Å²) in [4.78, 5) is 0. The molecular weight excluding hydrogens is 286 g/mol. The highest BCUT2D eigenvalue weighted by molar-refractivity contribution is 4.85. The molecule has 0 rings (SSSR count). The predicted octanol–water partition coefficient (Wildman–Crippen LogP) is 3.93. The Kier molecular flexibility index (Phi) is 6.50. The number of rotatable bonds is 8. The molecule has 0 fully saturated rings. The molecule has 0 atom stereocenters. The highest BCUT2D eigenvalue weighted by atomic mass is 19.3. The number of halogens is 8. The number of alkyl halides is 8. The standard InChI is InChI=1S/C10H15F8N/c1-5(2)19-6(3-9(15,16)7(11)12)4-10(17,18)8(13)14/h5-8,19H,3-4H2,1-2H3. The molecule has 0 aromatic heterocycles. The van der Waals surface area contributed by atoms with Gasteiger partial charge in [-0.1, -0.05) is 13.8 Å². The summed E-state index contributed by atoms with van der Waals surface area (Å²) in [6, 6.07) is -2.43. The molecule has 0 aliphatic heterocycles. The SMILES string of the molecule is CC(C)NC(CC(F)(F)C(F)F)CC(F)(F)C(F)F. The molecule has 0 radical (unpaired) electrons. The summed E-state index contributed by atoms with van der Waals surface area (Å²) in [5.41, 5.74) is 0. The molecule has 0 aliphatic carbocycles. The van der Waals surface area contributed by atoms with Crippen LogP contribution in [0.2, 0.25) is 0 Å². The molecule has 116 valence electrons. The Morgan fingerprint density at radius 3 is 1.32 bits per heavy atom. The maximum atomic E-state index is 12.8. The van der Waals surface area contributed by atoms with Crippen molar-refractivity contribution in [3.05, 3.63) is 0 Å². The van der Waals surface area contributed by atoms with Gasteiger partial charge in [0.05, 0.1) is 0 Å². The van der Waals surface area contributed by atoms with Gasteiger partial charge in [-0.15, -0.1) is 0 Å². The van der Waals surface area contributed by atoms with Crippen LogP contribution < -0.4 is 5.32 Å². The van der Waals surface area contributed by atoms with Crippen LogP contribution in [0.25, 0.3) is 0 Å². The highest BCUT2D eigenvalue weighted by Crippen LogP contribution is 2.34. The van der Waals surface area contributed by atoms with Crippen molar-refractivity contribution in [3.63, 3.8) is 0 Å². The lowest BCUT2D eigenvalue weighted by Crippen LogP contribution is -2.46. The van der Waals surface area contributed by atoms with Crippen molar-refractivity contribution in [1.29, 1.82) is 0 Å². The van der Waals surface area contributed by atoms with Gasteiger partial charge in [0.15, 0.2) is 0 Å². The van der Waals surface area contributed by atoms with E-state index in [1.54, 1.807) is 0 Å². The van der Waals surface area contributed by atoms with Gasteiger partial charge >= 0.3 is 24.7 Å². The van der Waals surface area contributed by atoms with E-state index in [0.29, 0.717) is 0 Å². The Balaban J connectivity index is 4.83. The molecule has 19 heavy (non-hydrogen) atoms. The third-order valence-corrected chi connectivity index (χ3v) is 2.24. The molecule has 0 heterocycles. The van der Waals surface area contributed by atoms with Crippen LogP contribution in [-0.2, 0) is 0 Å². The lowest BCUT2D eigenvalue weighted by atomic mass is 10.0. The smallest absolute Gasteiger partial charge is 0.309 e. The molecule has 1 nitrogen and oxygen atoms in total. The zero-order chi connectivity index (χ0) is 15.4. The summed E-state index contributed by atoms with van der Waals surface area (Å²) in [5, 5.41) is 2.18. The van der Waals surface area contributed by atoms with Gasteiger partial charge in [-0.05, 0) is 0 Å². The van der Waals surface area contributed by atoms with Crippen LogP contribution in [0.3, 0.4) is 0 Å².